The van der Waals surface area contributed by atoms with Crippen LogP contribution < -0.4 is 10.1 Å². The van der Waals surface area contributed by atoms with Gasteiger partial charge in [0.15, 0.2) is 0 Å². The summed E-state index contributed by atoms with van der Waals surface area (Å²) in [4.78, 5) is 0. The molecule has 1 aromatic rings. The van der Waals surface area contributed by atoms with Crippen LogP contribution in [0.3, 0.4) is 0 Å². The summed E-state index contributed by atoms with van der Waals surface area (Å²) in [6, 6.07) is 8.75. The molecule has 0 fully saturated rings. The van der Waals surface area contributed by atoms with Gasteiger partial charge in [-0.25, -0.2) is 0 Å². The van der Waals surface area contributed by atoms with Gasteiger partial charge in [-0.05, 0) is 57.4 Å². The Morgan fingerprint density at radius 3 is 2.95 bits per heavy atom. The second-order valence-electron chi connectivity index (χ2n) is 5.67. The lowest BCUT2D eigenvalue weighted by Gasteiger charge is -2.20. The fourth-order valence-corrected chi connectivity index (χ4v) is 2.87. The Labute approximate surface area is 123 Å². The van der Waals surface area contributed by atoms with Crippen molar-refractivity contribution < 1.29 is 4.74 Å². The van der Waals surface area contributed by atoms with Crippen LogP contribution in [0.2, 0.25) is 0 Å². The molecule has 2 heteroatoms. The third kappa shape index (κ3) is 4.68. The molecule has 1 atom stereocenters. The number of nitrogens with one attached hydrogen (secondary N) is 1. The Balaban J connectivity index is 1.83. The normalized spacial score (nSPS) is 17.2. The zero-order valence-corrected chi connectivity index (χ0v) is 12.8. The average molecular weight is 273 g/mol. The van der Waals surface area contributed by atoms with Crippen molar-refractivity contribution in [2.24, 2.45) is 0 Å². The molecule has 2 rings (SSSR count). The zero-order chi connectivity index (χ0) is 14.2. The van der Waals surface area contributed by atoms with Crippen molar-refractivity contribution in [3.05, 3.63) is 41.5 Å². The Morgan fingerprint density at radius 1 is 1.25 bits per heavy atom. The molecular formula is C18H27NO. The number of aryl methyl sites for hydroxylation is 1. The maximum Gasteiger partial charge on any atom is 0.119 e. The molecule has 1 aromatic carbocycles. The predicted molar refractivity (Wildman–Crippen MR) is 85.3 cm³/mol. The molecule has 0 radical (unpaired) electrons. The minimum absolute atomic E-state index is 0.470. The monoisotopic (exact) mass is 273 g/mol. The van der Waals surface area contributed by atoms with Gasteiger partial charge in [-0.2, -0.15) is 0 Å². The smallest absolute Gasteiger partial charge is 0.119 e. The molecular weight excluding hydrogens is 246 g/mol. The number of likely N-dealkylation sites (N-methyl/N-ethyl adjacent to an activating group) is 1. The molecule has 0 saturated carbocycles. The van der Waals surface area contributed by atoms with Crippen molar-refractivity contribution in [2.45, 2.75) is 51.5 Å². The first-order chi connectivity index (χ1) is 9.79. The van der Waals surface area contributed by atoms with E-state index >= 15 is 0 Å². The lowest BCUT2D eigenvalue weighted by Crippen LogP contribution is -2.29. The van der Waals surface area contributed by atoms with Crippen molar-refractivity contribution in [3.8, 4) is 5.75 Å². The second-order valence-corrected chi connectivity index (χ2v) is 5.67. The number of benzene rings is 1. The Bertz CT molecular complexity index is 439. The van der Waals surface area contributed by atoms with Crippen LogP contribution in [0.5, 0.6) is 5.75 Å². The maximum atomic E-state index is 5.87. The first-order valence-corrected chi connectivity index (χ1v) is 7.85. The van der Waals surface area contributed by atoms with Gasteiger partial charge in [0, 0.05) is 12.5 Å². The number of hydrogen-bond donors (Lipinski definition) is 1. The number of rotatable bonds is 6. The number of allylic oxidation sites excluding steroid dienone is 1. The van der Waals surface area contributed by atoms with E-state index in [2.05, 4.69) is 37.5 Å². The number of ether oxygens (including phenoxy) is 1. The highest BCUT2D eigenvalue weighted by atomic mass is 16.5. The quantitative estimate of drug-likeness (QED) is 0.783. The van der Waals surface area contributed by atoms with E-state index in [1.807, 2.05) is 12.1 Å². The summed E-state index contributed by atoms with van der Waals surface area (Å²) >= 11 is 0. The molecule has 0 aromatic heterocycles. The van der Waals surface area contributed by atoms with Crippen LogP contribution in [0.15, 0.2) is 35.9 Å². The fraction of sp³-hybridized carbons (Fsp3) is 0.556. The van der Waals surface area contributed by atoms with Crippen LogP contribution in [0.25, 0.3) is 0 Å². The first kappa shape index (κ1) is 15.1. The fourth-order valence-electron chi connectivity index (χ4n) is 2.87. The van der Waals surface area contributed by atoms with Crippen LogP contribution in [-0.2, 0) is 0 Å². The van der Waals surface area contributed by atoms with Gasteiger partial charge in [-0.15, -0.1) is 0 Å². The van der Waals surface area contributed by atoms with Crippen molar-refractivity contribution in [3.63, 3.8) is 0 Å². The first-order valence-electron chi connectivity index (χ1n) is 7.85. The molecule has 1 unspecified atom stereocenters. The van der Waals surface area contributed by atoms with Crippen molar-refractivity contribution >= 4 is 0 Å². The Morgan fingerprint density at radius 2 is 2.15 bits per heavy atom. The molecule has 1 aliphatic rings. The molecule has 2 nitrogen and oxygen atoms in total. The summed E-state index contributed by atoms with van der Waals surface area (Å²) < 4.78 is 5.87. The van der Waals surface area contributed by atoms with Crippen molar-refractivity contribution in [2.75, 3.05) is 13.7 Å². The van der Waals surface area contributed by atoms with Gasteiger partial charge >= 0.3 is 0 Å². The molecule has 0 amide bonds. The molecule has 0 bridgehead atoms. The number of hydrogen-bond acceptors (Lipinski definition) is 2. The van der Waals surface area contributed by atoms with Gasteiger partial charge in [-0.3, -0.25) is 0 Å². The molecule has 20 heavy (non-hydrogen) atoms. The maximum absolute atomic E-state index is 5.87. The van der Waals surface area contributed by atoms with E-state index in [0.29, 0.717) is 6.04 Å². The van der Waals surface area contributed by atoms with E-state index in [-0.39, 0.29) is 0 Å². The SMILES string of the molecule is CNC(CCOc1cccc(C)c1)C1=CCCCCC1. The summed E-state index contributed by atoms with van der Waals surface area (Å²) in [6.07, 6.45) is 10.0. The Kier molecular flexibility index (Phi) is 6.13. The standard InChI is InChI=1S/C18H27NO/c1-15-8-7-11-17(14-15)20-13-12-18(19-2)16-9-5-3-4-6-10-16/h7-9,11,14,18-19H,3-6,10,12-13H2,1-2H3. The summed E-state index contributed by atoms with van der Waals surface area (Å²) in [5.41, 5.74) is 2.83. The third-order valence-corrected chi connectivity index (χ3v) is 4.04. The van der Waals surface area contributed by atoms with Gasteiger partial charge in [0.1, 0.15) is 5.75 Å². The van der Waals surface area contributed by atoms with E-state index in [4.69, 9.17) is 4.74 Å². The summed E-state index contributed by atoms with van der Waals surface area (Å²) in [7, 11) is 2.06. The lowest BCUT2D eigenvalue weighted by atomic mass is 10.00. The molecule has 1 aliphatic carbocycles. The molecule has 0 heterocycles. The predicted octanol–water partition coefficient (Wildman–Crippen LogP) is 4.24. The zero-order valence-electron chi connectivity index (χ0n) is 12.8. The average Bonchev–Trinajstić information content (AvgIpc) is 2.73. The highest BCUT2D eigenvalue weighted by molar-refractivity contribution is 5.27. The molecule has 110 valence electrons. The van der Waals surface area contributed by atoms with Crippen LogP contribution in [0, 0.1) is 6.92 Å². The van der Waals surface area contributed by atoms with Gasteiger partial charge in [0.2, 0.25) is 0 Å². The topological polar surface area (TPSA) is 21.3 Å². The molecule has 0 spiro atoms. The van der Waals surface area contributed by atoms with Crippen LogP contribution in [0.4, 0.5) is 0 Å². The second kappa shape index (κ2) is 8.11. The highest BCUT2D eigenvalue weighted by Gasteiger charge is 2.13. The molecule has 0 aliphatic heterocycles. The van der Waals surface area contributed by atoms with Crippen LogP contribution >= 0.6 is 0 Å². The van der Waals surface area contributed by atoms with Gasteiger partial charge in [0.25, 0.3) is 0 Å². The van der Waals surface area contributed by atoms with Crippen molar-refractivity contribution in [1.82, 2.24) is 5.32 Å². The Hall–Kier alpha value is -1.28. The third-order valence-electron chi connectivity index (χ3n) is 4.04. The largest absolute Gasteiger partial charge is 0.494 e. The van der Waals surface area contributed by atoms with E-state index in [9.17, 15) is 0 Å². The molecule has 1 N–H and O–H groups in total. The van der Waals surface area contributed by atoms with Gasteiger partial charge in [0.05, 0.1) is 6.61 Å². The van der Waals surface area contributed by atoms with Crippen molar-refractivity contribution in [1.29, 1.82) is 0 Å². The van der Waals surface area contributed by atoms with E-state index in [0.717, 1.165) is 18.8 Å². The van der Waals surface area contributed by atoms with Gasteiger partial charge in [-0.1, -0.05) is 30.2 Å². The minimum atomic E-state index is 0.470. The highest BCUT2D eigenvalue weighted by Crippen LogP contribution is 2.21. The molecule has 0 saturated heterocycles. The summed E-state index contributed by atoms with van der Waals surface area (Å²) in [5, 5.41) is 3.45. The minimum Gasteiger partial charge on any atom is -0.494 e. The van der Waals surface area contributed by atoms with E-state index < -0.39 is 0 Å². The van der Waals surface area contributed by atoms with Gasteiger partial charge < -0.3 is 10.1 Å². The lowest BCUT2D eigenvalue weighted by molar-refractivity contribution is 0.295. The van der Waals surface area contributed by atoms with E-state index in [1.54, 1.807) is 5.57 Å². The van der Waals surface area contributed by atoms with Crippen LogP contribution in [-0.4, -0.2) is 19.7 Å². The summed E-state index contributed by atoms with van der Waals surface area (Å²) in [5.74, 6) is 0.981. The van der Waals surface area contributed by atoms with Crippen LogP contribution in [0.1, 0.15) is 44.1 Å². The van der Waals surface area contributed by atoms with E-state index in [1.165, 1.54) is 37.7 Å². The summed E-state index contributed by atoms with van der Waals surface area (Å²) in [6.45, 7) is 2.87.